The van der Waals surface area contributed by atoms with Crippen LogP contribution in [0.3, 0.4) is 0 Å². The van der Waals surface area contributed by atoms with Gasteiger partial charge < -0.3 is 14.6 Å². The fraction of sp³-hybridized carbons (Fsp3) is 0.636. The first kappa shape index (κ1) is 18.5. The molecule has 27 heavy (non-hydrogen) atoms. The topological polar surface area (TPSA) is 58.2 Å². The molecule has 5 heteroatoms. The zero-order valence-electron chi connectivity index (χ0n) is 16.2. The summed E-state index contributed by atoms with van der Waals surface area (Å²) in [6.45, 7) is 4.45. The van der Waals surface area contributed by atoms with Gasteiger partial charge in [0.25, 0.3) is 0 Å². The molecule has 1 saturated heterocycles. The van der Waals surface area contributed by atoms with E-state index in [9.17, 15) is 4.79 Å². The highest BCUT2D eigenvalue weighted by Crippen LogP contribution is 2.34. The summed E-state index contributed by atoms with van der Waals surface area (Å²) in [5.41, 5.74) is 0.455. The first-order valence-electron chi connectivity index (χ1n) is 10.6. The van der Waals surface area contributed by atoms with Crippen LogP contribution < -0.4 is 10.3 Å². The smallest absolute Gasteiger partial charge is 0.249 e. The minimum atomic E-state index is -0.135. The third-order valence-electron chi connectivity index (χ3n) is 6.30. The van der Waals surface area contributed by atoms with Crippen molar-refractivity contribution >= 4 is 11.0 Å². The number of H-pyrrole nitrogens is 1. The van der Waals surface area contributed by atoms with Crippen LogP contribution in [0.5, 0.6) is 5.88 Å². The largest absolute Gasteiger partial charge is 0.478 e. The predicted octanol–water partition coefficient (Wildman–Crippen LogP) is 3.98. The van der Waals surface area contributed by atoms with Gasteiger partial charge in [-0.25, -0.2) is 0 Å². The monoisotopic (exact) mass is 369 g/mol. The Balaban J connectivity index is 1.19. The highest BCUT2D eigenvalue weighted by molar-refractivity contribution is 5.74. The molecule has 3 heterocycles. The second kappa shape index (κ2) is 8.87. The van der Waals surface area contributed by atoms with Crippen LogP contribution in [0.25, 0.3) is 11.0 Å². The van der Waals surface area contributed by atoms with Crippen molar-refractivity contribution in [3.8, 4) is 5.88 Å². The second-order valence-electron chi connectivity index (χ2n) is 8.21. The number of pyridine rings is 2. The van der Waals surface area contributed by atoms with Crippen molar-refractivity contribution in [2.24, 2.45) is 11.8 Å². The van der Waals surface area contributed by atoms with E-state index in [2.05, 4.69) is 14.9 Å². The van der Waals surface area contributed by atoms with E-state index in [-0.39, 0.29) is 5.56 Å². The quantitative estimate of drug-likeness (QED) is 0.783. The molecule has 1 aliphatic carbocycles. The number of unbranched alkanes of at least 4 members (excludes halogenated alkanes) is 1. The fourth-order valence-corrected chi connectivity index (χ4v) is 4.76. The number of hydrogen-bond donors (Lipinski definition) is 1. The van der Waals surface area contributed by atoms with Crippen molar-refractivity contribution in [3.63, 3.8) is 0 Å². The van der Waals surface area contributed by atoms with Gasteiger partial charge in [0.05, 0.1) is 6.61 Å². The maximum absolute atomic E-state index is 11.4. The van der Waals surface area contributed by atoms with E-state index in [4.69, 9.17) is 4.74 Å². The van der Waals surface area contributed by atoms with Gasteiger partial charge in [-0.3, -0.25) is 4.79 Å². The van der Waals surface area contributed by atoms with E-state index < -0.39 is 0 Å². The molecule has 0 spiro atoms. The molecule has 1 aliphatic heterocycles. The molecule has 0 aromatic carbocycles. The molecule has 1 N–H and O–H groups in total. The average Bonchev–Trinajstić information content (AvgIpc) is 2.92. The highest BCUT2D eigenvalue weighted by atomic mass is 16.5. The van der Waals surface area contributed by atoms with Crippen molar-refractivity contribution in [1.29, 1.82) is 0 Å². The molecule has 2 aromatic heterocycles. The minimum absolute atomic E-state index is 0.135. The number of rotatable bonds is 6. The lowest BCUT2D eigenvalue weighted by atomic mass is 9.82. The molecule has 1 saturated carbocycles. The Morgan fingerprint density at radius 2 is 1.89 bits per heavy atom. The highest BCUT2D eigenvalue weighted by Gasteiger charge is 2.29. The van der Waals surface area contributed by atoms with Crippen molar-refractivity contribution < 1.29 is 4.74 Å². The molecule has 0 amide bonds. The van der Waals surface area contributed by atoms with Gasteiger partial charge in [-0.15, -0.1) is 0 Å². The van der Waals surface area contributed by atoms with Gasteiger partial charge in [-0.1, -0.05) is 25.7 Å². The Hall–Kier alpha value is -1.88. The van der Waals surface area contributed by atoms with Gasteiger partial charge in [-0.2, -0.15) is 4.98 Å². The molecule has 146 valence electrons. The number of fused-ring (bicyclic) bond motifs is 2. The van der Waals surface area contributed by atoms with E-state index in [0.717, 1.165) is 23.6 Å². The summed E-state index contributed by atoms with van der Waals surface area (Å²) in [7, 11) is 0. The maximum atomic E-state index is 11.4. The summed E-state index contributed by atoms with van der Waals surface area (Å²) >= 11 is 0. The van der Waals surface area contributed by atoms with Gasteiger partial charge in [-0.05, 0) is 62.7 Å². The van der Waals surface area contributed by atoms with Gasteiger partial charge >= 0.3 is 0 Å². The van der Waals surface area contributed by atoms with Crippen molar-refractivity contribution in [3.05, 3.63) is 34.6 Å². The zero-order valence-corrected chi connectivity index (χ0v) is 16.2. The van der Waals surface area contributed by atoms with Crippen LogP contribution >= 0.6 is 0 Å². The number of nitrogens with one attached hydrogen (secondary N) is 1. The van der Waals surface area contributed by atoms with Crippen LogP contribution in [0.4, 0.5) is 0 Å². The Labute approximate surface area is 161 Å². The lowest BCUT2D eigenvalue weighted by Crippen LogP contribution is -2.40. The van der Waals surface area contributed by atoms with Crippen molar-refractivity contribution in [2.75, 3.05) is 26.2 Å². The van der Waals surface area contributed by atoms with E-state index in [1.807, 2.05) is 12.1 Å². The van der Waals surface area contributed by atoms with Gasteiger partial charge in [0.1, 0.15) is 5.65 Å². The van der Waals surface area contributed by atoms with Crippen LogP contribution in [0.15, 0.2) is 29.1 Å². The summed E-state index contributed by atoms with van der Waals surface area (Å²) in [6.07, 6.45) is 10.9. The molecule has 0 bridgehead atoms. The van der Waals surface area contributed by atoms with Crippen LogP contribution in [0, 0.1) is 11.8 Å². The van der Waals surface area contributed by atoms with E-state index in [0.29, 0.717) is 18.1 Å². The molecule has 1 unspecified atom stereocenters. The molecular formula is C22H31N3O2. The van der Waals surface area contributed by atoms with E-state index in [1.165, 1.54) is 70.6 Å². The fourth-order valence-electron chi connectivity index (χ4n) is 4.76. The third-order valence-corrected chi connectivity index (χ3v) is 6.30. The molecule has 2 atom stereocenters. The van der Waals surface area contributed by atoms with Crippen LogP contribution in [0.2, 0.25) is 0 Å². The number of nitrogens with zero attached hydrogens (tertiary/aromatic N) is 2. The summed E-state index contributed by atoms with van der Waals surface area (Å²) in [5, 5.41) is 0.920. The summed E-state index contributed by atoms with van der Waals surface area (Å²) in [5.74, 6) is 2.53. The molecule has 4 rings (SSSR count). The number of ether oxygens (including phenoxy) is 1. The van der Waals surface area contributed by atoms with Crippen LogP contribution in [-0.4, -0.2) is 41.1 Å². The van der Waals surface area contributed by atoms with Gasteiger partial charge in [0.2, 0.25) is 11.4 Å². The standard InChI is InChI=1S/C22H31N3O2/c26-20-10-8-18-9-11-21(24-22(18)23-20)27-15-5-4-13-25-14-12-17-6-2-1-3-7-19(17)16-25/h8-11,17,19H,1-7,12-16H2,(H,23,24,26)/t17?,19-/m1/s1. The maximum Gasteiger partial charge on any atom is 0.249 e. The molecule has 5 nitrogen and oxygen atoms in total. The molecule has 2 aliphatic rings. The van der Waals surface area contributed by atoms with Gasteiger partial charge in [0, 0.05) is 24.1 Å². The summed E-state index contributed by atoms with van der Waals surface area (Å²) in [6, 6.07) is 7.10. The van der Waals surface area contributed by atoms with Crippen molar-refractivity contribution in [1.82, 2.24) is 14.9 Å². The number of piperidine rings is 1. The minimum Gasteiger partial charge on any atom is -0.478 e. The molecule has 0 radical (unpaired) electrons. The lowest BCUT2D eigenvalue weighted by Gasteiger charge is -2.38. The molecule has 2 fully saturated rings. The zero-order chi connectivity index (χ0) is 18.5. The van der Waals surface area contributed by atoms with E-state index in [1.54, 1.807) is 6.07 Å². The Morgan fingerprint density at radius 1 is 1.04 bits per heavy atom. The number of hydrogen-bond acceptors (Lipinski definition) is 4. The van der Waals surface area contributed by atoms with E-state index >= 15 is 0 Å². The number of aromatic nitrogens is 2. The van der Waals surface area contributed by atoms with Crippen LogP contribution in [0.1, 0.15) is 51.4 Å². The first-order chi connectivity index (χ1) is 13.3. The summed E-state index contributed by atoms with van der Waals surface area (Å²) in [4.78, 5) is 21.2. The summed E-state index contributed by atoms with van der Waals surface area (Å²) < 4.78 is 5.79. The Bertz CT molecular complexity index is 803. The predicted molar refractivity (Wildman–Crippen MR) is 108 cm³/mol. The Morgan fingerprint density at radius 3 is 2.81 bits per heavy atom. The molecular weight excluding hydrogens is 338 g/mol. The average molecular weight is 370 g/mol. The van der Waals surface area contributed by atoms with Crippen LogP contribution in [-0.2, 0) is 0 Å². The van der Waals surface area contributed by atoms with Crippen molar-refractivity contribution in [2.45, 2.75) is 51.4 Å². The second-order valence-corrected chi connectivity index (χ2v) is 8.21. The van der Waals surface area contributed by atoms with Gasteiger partial charge in [0.15, 0.2) is 0 Å². The first-order valence-corrected chi connectivity index (χ1v) is 10.6. The number of likely N-dealkylation sites (tertiary alicyclic amines) is 1. The number of aromatic amines is 1. The lowest BCUT2D eigenvalue weighted by molar-refractivity contribution is 0.110. The third kappa shape index (κ3) is 4.89. The molecule has 2 aromatic rings. The Kier molecular flexibility index (Phi) is 6.07. The normalized spacial score (nSPS) is 23.7. The SMILES string of the molecule is O=c1ccc2ccc(OCCCCN3CCC4CCCCC[C@@H]4C3)nc2[nH]1.